The van der Waals surface area contributed by atoms with E-state index in [0.29, 0.717) is 6.04 Å². The molecule has 0 spiro atoms. The van der Waals surface area contributed by atoms with Crippen LogP contribution in [0.25, 0.3) is 0 Å². The van der Waals surface area contributed by atoms with Gasteiger partial charge in [0.2, 0.25) is 0 Å². The second-order valence-corrected chi connectivity index (χ2v) is 4.97. The summed E-state index contributed by atoms with van der Waals surface area (Å²) in [5.74, 6) is 0. The van der Waals surface area contributed by atoms with E-state index in [1.54, 1.807) is 0 Å². The van der Waals surface area contributed by atoms with Gasteiger partial charge < -0.3 is 10.0 Å². The molecule has 0 saturated carbocycles. The molecule has 1 heterocycles. The summed E-state index contributed by atoms with van der Waals surface area (Å²) in [5, 5.41) is 10.5. The van der Waals surface area contributed by atoms with Crippen LogP contribution in [0.5, 0.6) is 0 Å². The smallest absolute Gasteiger partial charge is 0.0997 e. The van der Waals surface area contributed by atoms with Crippen LogP contribution < -0.4 is 0 Å². The summed E-state index contributed by atoms with van der Waals surface area (Å²) < 4.78 is 0. The van der Waals surface area contributed by atoms with Crippen LogP contribution in [0.15, 0.2) is 11.6 Å². The first-order chi connectivity index (χ1) is 6.62. The minimum absolute atomic E-state index is 0.505. The number of hydrogen-bond acceptors (Lipinski definition) is 2. The molecule has 1 fully saturated rings. The van der Waals surface area contributed by atoms with E-state index in [2.05, 4.69) is 24.9 Å². The number of likely N-dealkylation sites (N-methyl/N-ethyl adjacent to an activating group) is 1. The number of nitrogens with zero attached hydrogens (tertiary/aromatic N) is 1. The third-order valence-corrected chi connectivity index (χ3v) is 3.79. The third-order valence-electron chi connectivity index (χ3n) is 3.79. The van der Waals surface area contributed by atoms with E-state index in [4.69, 9.17) is 0 Å². The first-order valence-corrected chi connectivity index (χ1v) is 5.74. The predicted octanol–water partition coefficient (Wildman–Crippen LogP) is 1.94. The summed E-state index contributed by atoms with van der Waals surface area (Å²) >= 11 is 0. The van der Waals surface area contributed by atoms with Gasteiger partial charge in [-0.1, -0.05) is 6.08 Å². The quantitative estimate of drug-likeness (QED) is 0.646. The second kappa shape index (κ2) is 3.67. The maximum absolute atomic E-state index is 10.5. The van der Waals surface area contributed by atoms with Crippen molar-refractivity contribution >= 4 is 0 Å². The molecule has 2 rings (SSSR count). The van der Waals surface area contributed by atoms with Crippen molar-refractivity contribution in [1.82, 2.24) is 4.90 Å². The van der Waals surface area contributed by atoms with E-state index in [1.165, 1.54) is 18.4 Å². The summed E-state index contributed by atoms with van der Waals surface area (Å²) in [6, 6.07) is 0.517. The highest BCUT2D eigenvalue weighted by atomic mass is 16.3. The van der Waals surface area contributed by atoms with E-state index >= 15 is 0 Å². The fraction of sp³-hybridized carbons (Fsp3) is 0.833. The molecule has 2 unspecified atom stereocenters. The number of aliphatic hydroxyl groups is 1. The van der Waals surface area contributed by atoms with Crippen molar-refractivity contribution in [3.63, 3.8) is 0 Å². The number of β-amino-alcohol motifs (C(OH)–C–C–N with tert-alkyl or cyclic N) is 1. The fourth-order valence-electron chi connectivity index (χ4n) is 2.77. The monoisotopic (exact) mass is 195 g/mol. The molecule has 0 amide bonds. The largest absolute Gasteiger partial charge is 0.384 e. The van der Waals surface area contributed by atoms with Crippen LogP contribution in [-0.4, -0.2) is 35.2 Å². The van der Waals surface area contributed by atoms with E-state index in [-0.39, 0.29) is 0 Å². The van der Waals surface area contributed by atoms with Crippen LogP contribution in [0.1, 0.15) is 39.0 Å². The third kappa shape index (κ3) is 1.73. The molecular formula is C12H21NO. The minimum atomic E-state index is -0.505. The van der Waals surface area contributed by atoms with Crippen molar-refractivity contribution in [2.75, 3.05) is 13.6 Å². The second-order valence-electron chi connectivity index (χ2n) is 4.97. The normalized spacial score (nSPS) is 39.9. The lowest BCUT2D eigenvalue weighted by Gasteiger charge is -2.28. The number of rotatable bonds is 1. The minimum Gasteiger partial charge on any atom is -0.384 e. The Bertz CT molecular complexity index is 237. The first kappa shape index (κ1) is 10.2. The lowest BCUT2D eigenvalue weighted by atomic mass is 9.84. The lowest BCUT2D eigenvalue weighted by Crippen LogP contribution is -2.34. The average molecular weight is 195 g/mol. The molecule has 0 bridgehead atoms. The highest BCUT2D eigenvalue weighted by Crippen LogP contribution is 2.36. The molecule has 0 radical (unpaired) electrons. The zero-order valence-corrected chi connectivity index (χ0v) is 9.29. The zero-order valence-electron chi connectivity index (χ0n) is 9.29. The molecule has 1 aliphatic carbocycles. The van der Waals surface area contributed by atoms with Gasteiger partial charge in [-0.3, -0.25) is 0 Å². The van der Waals surface area contributed by atoms with Gasteiger partial charge in [0.1, 0.15) is 0 Å². The van der Waals surface area contributed by atoms with Gasteiger partial charge in [0, 0.05) is 12.6 Å². The topological polar surface area (TPSA) is 23.5 Å². The van der Waals surface area contributed by atoms with Gasteiger partial charge >= 0.3 is 0 Å². The number of allylic oxidation sites excluding steroid dienone is 1. The van der Waals surface area contributed by atoms with Crippen molar-refractivity contribution in [2.45, 2.75) is 50.7 Å². The zero-order chi connectivity index (χ0) is 10.2. The first-order valence-electron chi connectivity index (χ1n) is 5.74. The molecule has 0 aromatic heterocycles. The van der Waals surface area contributed by atoms with Gasteiger partial charge in [0.25, 0.3) is 0 Å². The molecule has 14 heavy (non-hydrogen) atoms. The number of likely N-dealkylation sites (tertiary alicyclic amines) is 1. The highest BCUT2D eigenvalue weighted by Gasteiger charge is 2.41. The molecule has 2 heteroatoms. The van der Waals surface area contributed by atoms with E-state index in [0.717, 1.165) is 25.8 Å². The standard InChI is InChI=1S/C12H21NO/c1-10-8-12(14,9-13(10)2)11-6-4-3-5-7-11/h6,10,14H,3-5,7-9H2,1-2H3. The van der Waals surface area contributed by atoms with Gasteiger partial charge in [-0.05, 0) is 51.6 Å². The van der Waals surface area contributed by atoms with Crippen LogP contribution in [0.3, 0.4) is 0 Å². The van der Waals surface area contributed by atoms with Crippen LogP contribution in [-0.2, 0) is 0 Å². The summed E-state index contributed by atoms with van der Waals surface area (Å²) in [6.45, 7) is 3.02. The van der Waals surface area contributed by atoms with Crippen LogP contribution in [0.4, 0.5) is 0 Å². The Kier molecular flexibility index (Phi) is 2.67. The Hall–Kier alpha value is -0.340. The Morgan fingerprint density at radius 2 is 2.29 bits per heavy atom. The van der Waals surface area contributed by atoms with E-state index in [9.17, 15) is 5.11 Å². The van der Waals surface area contributed by atoms with Crippen molar-refractivity contribution in [1.29, 1.82) is 0 Å². The molecule has 1 saturated heterocycles. The van der Waals surface area contributed by atoms with E-state index < -0.39 is 5.60 Å². The van der Waals surface area contributed by atoms with Crippen molar-refractivity contribution in [3.8, 4) is 0 Å². The molecule has 0 aromatic carbocycles. The Morgan fingerprint density at radius 3 is 2.79 bits per heavy atom. The summed E-state index contributed by atoms with van der Waals surface area (Å²) in [7, 11) is 2.10. The van der Waals surface area contributed by atoms with Gasteiger partial charge in [0.05, 0.1) is 5.60 Å². The van der Waals surface area contributed by atoms with Crippen LogP contribution >= 0.6 is 0 Å². The molecule has 1 aliphatic heterocycles. The van der Waals surface area contributed by atoms with Gasteiger partial charge in [-0.15, -0.1) is 0 Å². The van der Waals surface area contributed by atoms with Crippen LogP contribution in [0, 0.1) is 0 Å². The fourth-order valence-corrected chi connectivity index (χ4v) is 2.77. The molecule has 2 aliphatic rings. The summed E-state index contributed by atoms with van der Waals surface area (Å²) in [4.78, 5) is 2.26. The summed E-state index contributed by atoms with van der Waals surface area (Å²) in [5.41, 5.74) is 0.800. The Labute approximate surface area is 86.6 Å². The average Bonchev–Trinajstić information content (AvgIpc) is 2.44. The highest BCUT2D eigenvalue weighted by molar-refractivity contribution is 5.22. The molecule has 2 atom stereocenters. The maximum Gasteiger partial charge on any atom is 0.0997 e. The molecule has 80 valence electrons. The van der Waals surface area contributed by atoms with Crippen molar-refractivity contribution in [2.24, 2.45) is 0 Å². The Morgan fingerprint density at radius 1 is 1.50 bits per heavy atom. The van der Waals surface area contributed by atoms with Gasteiger partial charge in [-0.25, -0.2) is 0 Å². The Balaban J connectivity index is 2.12. The van der Waals surface area contributed by atoms with Crippen molar-refractivity contribution in [3.05, 3.63) is 11.6 Å². The molecule has 2 nitrogen and oxygen atoms in total. The van der Waals surface area contributed by atoms with E-state index in [1.807, 2.05) is 0 Å². The maximum atomic E-state index is 10.5. The van der Waals surface area contributed by atoms with Crippen molar-refractivity contribution < 1.29 is 5.11 Å². The molecular weight excluding hydrogens is 174 g/mol. The number of hydrogen-bond donors (Lipinski definition) is 1. The van der Waals surface area contributed by atoms with Crippen LogP contribution in [0.2, 0.25) is 0 Å². The van der Waals surface area contributed by atoms with Gasteiger partial charge in [0.15, 0.2) is 0 Å². The lowest BCUT2D eigenvalue weighted by molar-refractivity contribution is 0.0838. The molecule has 0 aromatic rings. The molecule has 1 N–H and O–H groups in total. The summed E-state index contributed by atoms with van der Waals surface area (Å²) in [6.07, 6.45) is 8.01. The van der Waals surface area contributed by atoms with Gasteiger partial charge in [-0.2, -0.15) is 0 Å². The SMILES string of the molecule is CC1CC(O)(C2=CCCCC2)CN1C. The predicted molar refractivity (Wildman–Crippen MR) is 58.2 cm³/mol.